The van der Waals surface area contributed by atoms with Crippen LogP contribution in [0.15, 0.2) is 53.9 Å². The van der Waals surface area contributed by atoms with E-state index < -0.39 is 5.97 Å². The normalized spacial score (nSPS) is 12.8. The Morgan fingerprint density at radius 2 is 1.89 bits per heavy atom. The first kappa shape index (κ1) is 24.8. The van der Waals surface area contributed by atoms with E-state index >= 15 is 0 Å². The number of amides is 1. The van der Waals surface area contributed by atoms with Gasteiger partial charge in [-0.3, -0.25) is 14.5 Å². The Labute approximate surface area is 208 Å². The SMILES string of the molecule is CCOCCOCCOC(=O)CN1C(=O)COc2ccc(-c3csc(Cc4ccccc4)n3)cc21. The summed E-state index contributed by atoms with van der Waals surface area (Å²) in [6, 6.07) is 15.7. The van der Waals surface area contributed by atoms with Crippen LogP contribution in [0.1, 0.15) is 17.5 Å². The molecule has 2 heterocycles. The van der Waals surface area contributed by atoms with Crippen LogP contribution in [0.5, 0.6) is 5.75 Å². The third-order valence-electron chi connectivity index (χ3n) is 5.30. The van der Waals surface area contributed by atoms with Crippen LogP contribution in [-0.2, 0) is 30.2 Å². The minimum atomic E-state index is -0.510. The van der Waals surface area contributed by atoms with Crippen LogP contribution < -0.4 is 9.64 Å². The van der Waals surface area contributed by atoms with Crippen molar-refractivity contribution in [2.75, 3.05) is 51.1 Å². The van der Waals surface area contributed by atoms with Gasteiger partial charge in [-0.05, 0) is 30.7 Å². The summed E-state index contributed by atoms with van der Waals surface area (Å²) in [5.41, 5.74) is 3.38. The van der Waals surface area contributed by atoms with E-state index in [0.29, 0.717) is 31.3 Å². The summed E-state index contributed by atoms with van der Waals surface area (Å²) in [5, 5.41) is 3.00. The van der Waals surface area contributed by atoms with Crippen LogP contribution >= 0.6 is 11.3 Å². The van der Waals surface area contributed by atoms with Crippen LogP contribution in [0.2, 0.25) is 0 Å². The summed E-state index contributed by atoms with van der Waals surface area (Å²) in [5.74, 6) is -0.272. The molecule has 3 aromatic rings. The Hall–Kier alpha value is -3.27. The quantitative estimate of drug-likeness (QED) is 0.279. The first-order valence-corrected chi connectivity index (χ1v) is 12.4. The molecule has 4 rings (SSSR count). The highest BCUT2D eigenvalue weighted by molar-refractivity contribution is 7.10. The fourth-order valence-corrected chi connectivity index (χ4v) is 4.42. The molecule has 0 saturated carbocycles. The van der Waals surface area contributed by atoms with Gasteiger partial charge in [0.2, 0.25) is 0 Å². The average Bonchev–Trinajstić information content (AvgIpc) is 3.34. The van der Waals surface area contributed by atoms with Gasteiger partial charge in [-0.25, -0.2) is 4.98 Å². The van der Waals surface area contributed by atoms with Crippen molar-refractivity contribution in [1.82, 2.24) is 4.98 Å². The van der Waals surface area contributed by atoms with Gasteiger partial charge < -0.3 is 18.9 Å². The number of rotatable bonds is 12. The maximum absolute atomic E-state index is 12.6. The number of nitrogens with zero attached hydrogens (tertiary/aromatic N) is 2. The third-order valence-corrected chi connectivity index (χ3v) is 6.15. The van der Waals surface area contributed by atoms with Gasteiger partial charge in [-0.15, -0.1) is 11.3 Å². The molecule has 0 aliphatic carbocycles. The number of anilines is 1. The summed E-state index contributed by atoms with van der Waals surface area (Å²) >= 11 is 1.59. The number of carbonyl (C=O) groups excluding carboxylic acids is 2. The summed E-state index contributed by atoms with van der Waals surface area (Å²) in [7, 11) is 0. The molecule has 0 radical (unpaired) electrons. The fraction of sp³-hybridized carbons (Fsp3) is 0.346. The summed E-state index contributed by atoms with van der Waals surface area (Å²) in [4.78, 5) is 31.1. The second kappa shape index (κ2) is 12.4. The molecular weight excluding hydrogens is 468 g/mol. The first-order chi connectivity index (χ1) is 17.1. The number of esters is 1. The van der Waals surface area contributed by atoms with Gasteiger partial charge in [0.05, 0.1) is 36.2 Å². The molecule has 1 aromatic heterocycles. The molecule has 0 N–H and O–H groups in total. The highest BCUT2D eigenvalue weighted by Gasteiger charge is 2.28. The van der Waals surface area contributed by atoms with E-state index in [1.165, 1.54) is 10.5 Å². The van der Waals surface area contributed by atoms with Crippen molar-refractivity contribution in [3.63, 3.8) is 0 Å². The van der Waals surface area contributed by atoms with E-state index in [1.54, 1.807) is 17.4 Å². The lowest BCUT2D eigenvalue weighted by molar-refractivity contribution is -0.144. The smallest absolute Gasteiger partial charge is 0.326 e. The molecule has 0 atom stereocenters. The maximum Gasteiger partial charge on any atom is 0.326 e. The van der Waals surface area contributed by atoms with Gasteiger partial charge in [0, 0.05) is 24.0 Å². The molecule has 35 heavy (non-hydrogen) atoms. The molecule has 1 aliphatic heterocycles. The molecule has 0 unspecified atom stereocenters. The molecule has 9 heteroatoms. The number of carbonyl (C=O) groups is 2. The van der Waals surface area contributed by atoms with Crippen molar-refractivity contribution < 1.29 is 28.5 Å². The van der Waals surface area contributed by atoms with E-state index in [1.807, 2.05) is 42.6 Å². The number of benzene rings is 2. The average molecular weight is 497 g/mol. The van der Waals surface area contributed by atoms with Crippen LogP contribution in [0.3, 0.4) is 0 Å². The zero-order chi connectivity index (χ0) is 24.5. The van der Waals surface area contributed by atoms with Crippen LogP contribution in [0, 0.1) is 0 Å². The number of thiazole rings is 1. The highest BCUT2D eigenvalue weighted by atomic mass is 32.1. The molecule has 0 bridgehead atoms. The lowest BCUT2D eigenvalue weighted by atomic mass is 10.1. The zero-order valence-electron chi connectivity index (χ0n) is 19.6. The maximum atomic E-state index is 12.6. The number of hydrogen-bond acceptors (Lipinski definition) is 8. The molecule has 184 valence electrons. The minimum Gasteiger partial charge on any atom is -0.482 e. The largest absolute Gasteiger partial charge is 0.482 e. The molecule has 1 amide bonds. The van der Waals surface area contributed by atoms with Crippen LogP contribution in [0.25, 0.3) is 11.3 Å². The third kappa shape index (κ3) is 6.88. The second-order valence-electron chi connectivity index (χ2n) is 7.77. The van der Waals surface area contributed by atoms with E-state index in [2.05, 4.69) is 12.1 Å². The number of ether oxygens (including phenoxy) is 4. The van der Waals surface area contributed by atoms with Crippen molar-refractivity contribution in [3.05, 3.63) is 64.5 Å². The summed E-state index contributed by atoms with van der Waals surface area (Å²) in [6.07, 6.45) is 0.755. The molecule has 2 aromatic carbocycles. The standard InChI is InChI=1S/C26H28N2O6S/c1-2-31-10-11-32-12-13-33-26(30)16-28-22-15-20(8-9-23(22)34-17-25(28)29)21-18-35-24(27-21)14-19-6-4-3-5-7-19/h3-9,15,18H,2,10-14,16-17H2,1H3. The Balaban J connectivity index is 1.39. The van der Waals surface area contributed by atoms with E-state index in [-0.39, 0.29) is 32.3 Å². The van der Waals surface area contributed by atoms with Gasteiger partial charge in [0.1, 0.15) is 18.9 Å². The van der Waals surface area contributed by atoms with E-state index in [4.69, 9.17) is 23.9 Å². The Morgan fingerprint density at radius 1 is 1.09 bits per heavy atom. The van der Waals surface area contributed by atoms with Gasteiger partial charge in [-0.2, -0.15) is 0 Å². The zero-order valence-corrected chi connectivity index (χ0v) is 20.4. The second-order valence-corrected chi connectivity index (χ2v) is 8.71. The van der Waals surface area contributed by atoms with E-state index in [0.717, 1.165) is 22.7 Å². The molecule has 1 aliphatic rings. The van der Waals surface area contributed by atoms with E-state index in [9.17, 15) is 9.59 Å². The lowest BCUT2D eigenvalue weighted by Gasteiger charge is -2.29. The van der Waals surface area contributed by atoms with Gasteiger partial charge in [0.25, 0.3) is 5.91 Å². The summed E-state index contributed by atoms with van der Waals surface area (Å²) < 4.78 is 21.3. The highest BCUT2D eigenvalue weighted by Crippen LogP contribution is 2.36. The Morgan fingerprint density at radius 3 is 2.71 bits per heavy atom. The van der Waals surface area contributed by atoms with Crippen LogP contribution in [0.4, 0.5) is 5.69 Å². The van der Waals surface area contributed by atoms with Crippen molar-refractivity contribution in [2.24, 2.45) is 0 Å². The van der Waals surface area contributed by atoms with Gasteiger partial charge >= 0.3 is 5.97 Å². The molecule has 0 spiro atoms. The van der Waals surface area contributed by atoms with Gasteiger partial charge in [0.15, 0.2) is 6.61 Å². The van der Waals surface area contributed by atoms with Crippen molar-refractivity contribution >= 4 is 28.9 Å². The molecular formula is C26H28N2O6S. The number of hydrogen-bond donors (Lipinski definition) is 0. The van der Waals surface area contributed by atoms with Gasteiger partial charge in [-0.1, -0.05) is 30.3 Å². The minimum absolute atomic E-state index is 0.111. The predicted molar refractivity (Wildman–Crippen MR) is 133 cm³/mol. The number of aromatic nitrogens is 1. The Kier molecular flexibility index (Phi) is 8.83. The molecule has 0 fully saturated rings. The topological polar surface area (TPSA) is 87.2 Å². The number of fused-ring (bicyclic) bond motifs is 1. The van der Waals surface area contributed by atoms with Crippen molar-refractivity contribution in [3.8, 4) is 17.0 Å². The first-order valence-electron chi connectivity index (χ1n) is 11.5. The molecule has 0 saturated heterocycles. The van der Waals surface area contributed by atoms with Crippen molar-refractivity contribution in [1.29, 1.82) is 0 Å². The Bertz CT molecular complexity index is 1130. The van der Waals surface area contributed by atoms with Crippen molar-refractivity contribution in [2.45, 2.75) is 13.3 Å². The summed E-state index contributed by atoms with van der Waals surface area (Å²) in [6.45, 7) is 3.53. The van der Waals surface area contributed by atoms with Crippen LogP contribution in [-0.4, -0.2) is 63.0 Å². The predicted octanol–water partition coefficient (Wildman–Crippen LogP) is 3.72. The molecule has 8 nitrogen and oxygen atoms in total. The monoisotopic (exact) mass is 496 g/mol. The lowest BCUT2D eigenvalue weighted by Crippen LogP contribution is -2.42. The fourth-order valence-electron chi connectivity index (χ4n) is 3.58.